The van der Waals surface area contributed by atoms with Gasteiger partial charge in [0.1, 0.15) is 5.78 Å². The molecule has 1 saturated carbocycles. The Morgan fingerprint density at radius 1 is 1.47 bits per heavy atom. The van der Waals surface area contributed by atoms with Crippen LogP contribution in [0.4, 0.5) is 0 Å². The second kappa shape index (κ2) is 6.55. The molecule has 1 rings (SSSR count). The molecule has 0 aromatic rings. The molecule has 0 unspecified atom stereocenters. The van der Waals surface area contributed by atoms with Crippen molar-refractivity contribution < 1.29 is 19.8 Å². The average Bonchev–Trinajstić information content (AvgIpc) is 2.48. The predicted octanol–water partition coefficient (Wildman–Crippen LogP) is 1.77. The van der Waals surface area contributed by atoms with Crippen molar-refractivity contribution in [3.05, 3.63) is 12.2 Å². The molecular formula is C13H20O4. The summed E-state index contributed by atoms with van der Waals surface area (Å²) in [7, 11) is 0. The number of Topliss-reactive ketones (excluding diaryl/α,β-unsaturated/α-hetero) is 1. The van der Waals surface area contributed by atoms with Crippen LogP contribution < -0.4 is 0 Å². The normalized spacial score (nSPS) is 29.1. The third-order valence-corrected chi connectivity index (χ3v) is 3.38. The molecule has 1 aliphatic rings. The van der Waals surface area contributed by atoms with Crippen molar-refractivity contribution >= 4 is 11.8 Å². The van der Waals surface area contributed by atoms with E-state index in [-0.39, 0.29) is 30.5 Å². The quantitative estimate of drug-likeness (QED) is 0.548. The summed E-state index contributed by atoms with van der Waals surface area (Å²) in [5.74, 6) is -0.673. The molecule has 0 bridgehead atoms. The van der Waals surface area contributed by atoms with Crippen molar-refractivity contribution in [1.29, 1.82) is 0 Å². The molecule has 1 fully saturated rings. The Labute approximate surface area is 101 Å². The Kier molecular flexibility index (Phi) is 5.35. The summed E-state index contributed by atoms with van der Waals surface area (Å²) in [6, 6.07) is 0. The van der Waals surface area contributed by atoms with E-state index in [4.69, 9.17) is 5.11 Å². The largest absolute Gasteiger partial charge is 0.481 e. The lowest BCUT2D eigenvalue weighted by atomic mass is 9.93. The number of carbonyl (C=O) groups excluding carboxylic acids is 1. The van der Waals surface area contributed by atoms with E-state index in [1.807, 2.05) is 19.1 Å². The van der Waals surface area contributed by atoms with E-state index in [9.17, 15) is 14.7 Å². The highest BCUT2D eigenvalue weighted by Gasteiger charge is 2.37. The number of hydrogen-bond acceptors (Lipinski definition) is 3. The molecule has 1 aliphatic carbocycles. The maximum atomic E-state index is 11.5. The van der Waals surface area contributed by atoms with E-state index in [1.54, 1.807) is 0 Å². The monoisotopic (exact) mass is 240 g/mol. The first-order valence-corrected chi connectivity index (χ1v) is 6.10. The van der Waals surface area contributed by atoms with Gasteiger partial charge in [0.15, 0.2) is 0 Å². The van der Waals surface area contributed by atoms with Gasteiger partial charge in [-0.05, 0) is 25.2 Å². The van der Waals surface area contributed by atoms with Crippen LogP contribution in [0.2, 0.25) is 0 Å². The molecule has 17 heavy (non-hydrogen) atoms. The highest BCUT2D eigenvalue weighted by atomic mass is 16.4. The summed E-state index contributed by atoms with van der Waals surface area (Å²) < 4.78 is 0. The van der Waals surface area contributed by atoms with Crippen LogP contribution in [0.1, 0.15) is 39.0 Å². The van der Waals surface area contributed by atoms with Gasteiger partial charge < -0.3 is 10.2 Å². The molecule has 2 N–H and O–H groups in total. The summed E-state index contributed by atoms with van der Waals surface area (Å²) in [5.41, 5.74) is 0. The Morgan fingerprint density at radius 2 is 2.18 bits per heavy atom. The Bertz CT molecular complexity index is 309. The second-order valence-corrected chi connectivity index (χ2v) is 4.70. The Balaban J connectivity index is 2.24. The minimum atomic E-state index is -0.777. The van der Waals surface area contributed by atoms with Crippen LogP contribution in [0.5, 0.6) is 0 Å². The maximum absolute atomic E-state index is 11.5. The van der Waals surface area contributed by atoms with E-state index in [0.29, 0.717) is 12.8 Å². The minimum absolute atomic E-state index is 0.0335. The van der Waals surface area contributed by atoms with Gasteiger partial charge in [0, 0.05) is 18.8 Å². The molecule has 4 heteroatoms. The zero-order valence-electron chi connectivity index (χ0n) is 10.1. The van der Waals surface area contributed by atoms with Crippen LogP contribution in [0.25, 0.3) is 0 Å². The number of aliphatic carboxylic acids is 1. The summed E-state index contributed by atoms with van der Waals surface area (Å²) >= 11 is 0. The zero-order valence-corrected chi connectivity index (χ0v) is 10.1. The number of aliphatic hydroxyl groups excluding tert-OH is 1. The summed E-state index contributed by atoms with van der Waals surface area (Å²) in [6.07, 6.45) is 5.83. The third-order valence-electron chi connectivity index (χ3n) is 3.38. The van der Waals surface area contributed by atoms with Gasteiger partial charge in [0.05, 0.1) is 6.10 Å². The number of ketones is 1. The number of carboxylic acids is 1. The number of aliphatic hydroxyl groups is 1. The summed E-state index contributed by atoms with van der Waals surface area (Å²) in [6.45, 7) is 1.90. The number of hydrogen-bond donors (Lipinski definition) is 2. The maximum Gasteiger partial charge on any atom is 0.303 e. The third kappa shape index (κ3) is 4.30. The van der Waals surface area contributed by atoms with Crippen molar-refractivity contribution in [1.82, 2.24) is 0 Å². The molecular weight excluding hydrogens is 220 g/mol. The molecule has 0 amide bonds. The lowest BCUT2D eigenvalue weighted by Gasteiger charge is -2.13. The molecule has 0 aromatic carbocycles. The van der Waals surface area contributed by atoms with Crippen molar-refractivity contribution in [3.8, 4) is 0 Å². The molecule has 0 aliphatic heterocycles. The SMILES string of the molecule is C[C@H]1[C@H](O)CC(=O)[C@@H]1C/C=C\CCCC(=O)O. The van der Waals surface area contributed by atoms with Crippen molar-refractivity contribution in [2.45, 2.75) is 45.1 Å². The standard InChI is InChI=1S/C13H20O4/c1-9-10(12(15)8-11(9)14)6-4-2-3-5-7-13(16)17/h2,4,9-11,14H,3,5-8H2,1H3,(H,16,17)/b4-2-/t9-,10-,11-/m1/s1. The first-order chi connectivity index (χ1) is 8.02. The number of carbonyl (C=O) groups is 2. The molecule has 0 saturated heterocycles. The second-order valence-electron chi connectivity index (χ2n) is 4.70. The number of carboxylic acid groups (broad SMARTS) is 1. The van der Waals surface area contributed by atoms with E-state index < -0.39 is 12.1 Å². The van der Waals surface area contributed by atoms with Crippen LogP contribution >= 0.6 is 0 Å². The van der Waals surface area contributed by atoms with Crippen LogP contribution in [-0.4, -0.2) is 28.1 Å². The van der Waals surface area contributed by atoms with Gasteiger partial charge >= 0.3 is 5.97 Å². The predicted molar refractivity (Wildman–Crippen MR) is 63.5 cm³/mol. The van der Waals surface area contributed by atoms with Gasteiger partial charge in [-0.2, -0.15) is 0 Å². The molecule has 0 radical (unpaired) electrons. The molecule has 3 atom stereocenters. The summed E-state index contributed by atoms with van der Waals surface area (Å²) in [5, 5.41) is 18.0. The highest BCUT2D eigenvalue weighted by Crippen LogP contribution is 2.31. The smallest absolute Gasteiger partial charge is 0.303 e. The molecule has 4 nitrogen and oxygen atoms in total. The van der Waals surface area contributed by atoms with Crippen molar-refractivity contribution in [2.24, 2.45) is 11.8 Å². The molecule has 0 aromatic heterocycles. The highest BCUT2D eigenvalue weighted by molar-refractivity contribution is 5.84. The summed E-state index contributed by atoms with van der Waals surface area (Å²) in [4.78, 5) is 21.8. The van der Waals surface area contributed by atoms with Crippen LogP contribution in [0.3, 0.4) is 0 Å². The van der Waals surface area contributed by atoms with Crippen LogP contribution in [-0.2, 0) is 9.59 Å². The number of rotatable bonds is 6. The van der Waals surface area contributed by atoms with Crippen molar-refractivity contribution in [3.63, 3.8) is 0 Å². The lowest BCUT2D eigenvalue weighted by Crippen LogP contribution is -2.16. The van der Waals surface area contributed by atoms with Gasteiger partial charge in [-0.25, -0.2) is 0 Å². The minimum Gasteiger partial charge on any atom is -0.481 e. The fourth-order valence-corrected chi connectivity index (χ4v) is 2.18. The van der Waals surface area contributed by atoms with Crippen molar-refractivity contribution in [2.75, 3.05) is 0 Å². The van der Waals surface area contributed by atoms with E-state index >= 15 is 0 Å². The van der Waals surface area contributed by atoms with Crippen LogP contribution in [0.15, 0.2) is 12.2 Å². The van der Waals surface area contributed by atoms with Gasteiger partial charge in [-0.1, -0.05) is 19.1 Å². The molecule has 96 valence electrons. The van der Waals surface area contributed by atoms with Gasteiger partial charge in [0.25, 0.3) is 0 Å². The molecule has 0 heterocycles. The lowest BCUT2D eigenvalue weighted by molar-refractivity contribution is -0.137. The van der Waals surface area contributed by atoms with E-state index in [2.05, 4.69) is 0 Å². The fraction of sp³-hybridized carbons (Fsp3) is 0.692. The number of unbranched alkanes of at least 4 members (excludes halogenated alkanes) is 1. The van der Waals surface area contributed by atoms with Gasteiger partial charge in [0.2, 0.25) is 0 Å². The average molecular weight is 240 g/mol. The van der Waals surface area contributed by atoms with E-state index in [0.717, 1.165) is 6.42 Å². The van der Waals surface area contributed by atoms with Gasteiger partial charge in [-0.15, -0.1) is 0 Å². The Morgan fingerprint density at radius 3 is 2.71 bits per heavy atom. The van der Waals surface area contributed by atoms with E-state index in [1.165, 1.54) is 0 Å². The first kappa shape index (κ1) is 13.9. The first-order valence-electron chi connectivity index (χ1n) is 6.10. The topological polar surface area (TPSA) is 74.6 Å². The van der Waals surface area contributed by atoms with Gasteiger partial charge in [-0.3, -0.25) is 9.59 Å². The molecule has 0 spiro atoms. The van der Waals surface area contributed by atoms with Crippen LogP contribution in [0, 0.1) is 11.8 Å². The Hall–Kier alpha value is -1.16. The fourth-order valence-electron chi connectivity index (χ4n) is 2.18. The zero-order chi connectivity index (χ0) is 12.8. The number of allylic oxidation sites excluding steroid dienone is 2.